The van der Waals surface area contributed by atoms with Crippen LogP contribution < -0.4 is 0 Å². The second-order valence-corrected chi connectivity index (χ2v) is 7.43. The molecule has 0 aliphatic carbocycles. The van der Waals surface area contributed by atoms with Crippen molar-refractivity contribution in [2.75, 3.05) is 20.7 Å². The lowest BCUT2D eigenvalue weighted by Gasteiger charge is -2.27. The van der Waals surface area contributed by atoms with Gasteiger partial charge in [0.25, 0.3) is 5.91 Å². The van der Waals surface area contributed by atoms with Crippen molar-refractivity contribution in [3.63, 3.8) is 0 Å². The van der Waals surface area contributed by atoms with Gasteiger partial charge in [-0.2, -0.15) is 0 Å². The monoisotopic (exact) mass is 359 g/mol. The second kappa shape index (κ2) is 7.02. The zero-order chi connectivity index (χ0) is 18.1. The summed E-state index contributed by atoms with van der Waals surface area (Å²) in [5.41, 5.74) is -0.466. The van der Waals surface area contributed by atoms with Crippen molar-refractivity contribution < 1.29 is 23.6 Å². The van der Waals surface area contributed by atoms with E-state index in [0.717, 1.165) is 5.06 Å². The van der Waals surface area contributed by atoms with Crippen LogP contribution in [0.4, 0.5) is 9.18 Å². The van der Waals surface area contributed by atoms with Crippen molar-refractivity contribution in [1.82, 2.24) is 14.9 Å². The molecule has 0 spiro atoms. The zero-order valence-electron chi connectivity index (χ0n) is 14.4. The SMILES string of the molecule is CON(C)C(=O)c1csc([C@@H]2C[C@@H](F)CN2C(=O)OC(C)(C)C)n1. The van der Waals surface area contributed by atoms with Crippen LogP contribution in [0.15, 0.2) is 5.38 Å². The number of ether oxygens (including phenoxy) is 1. The molecule has 1 aliphatic rings. The van der Waals surface area contributed by atoms with Gasteiger partial charge in [0.1, 0.15) is 22.5 Å². The van der Waals surface area contributed by atoms with E-state index in [1.165, 1.54) is 30.4 Å². The highest BCUT2D eigenvalue weighted by Gasteiger charge is 2.40. The van der Waals surface area contributed by atoms with Crippen LogP contribution >= 0.6 is 11.3 Å². The van der Waals surface area contributed by atoms with E-state index in [4.69, 9.17) is 9.57 Å². The molecule has 0 N–H and O–H groups in total. The van der Waals surface area contributed by atoms with Crippen LogP contribution in [-0.2, 0) is 9.57 Å². The smallest absolute Gasteiger partial charge is 0.410 e. The average molecular weight is 359 g/mol. The van der Waals surface area contributed by atoms with E-state index >= 15 is 0 Å². The molecule has 2 amide bonds. The predicted molar refractivity (Wildman–Crippen MR) is 86.4 cm³/mol. The molecular formula is C15H22FN3O4S. The highest BCUT2D eigenvalue weighted by atomic mass is 32.1. The zero-order valence-corrected chi connectivity index (χ0v) is 15.2. The number of hydrogen-bond acceptors (Lipinski definition) is 6. The molecule has 2 atom stereocenters. The average Bonchev–Trinajstić information content (AvgIpc) is 3.10. The molecule has 0 saturated carbocycles. The lowest BCUT2D eigenvalue weighted by molar-refractivity contribution is -0.0760. The van der Waals surface area contributed by atoms with Crippen molar-refractivity contribution in [3.8, 4) is 0 Å². The number of nitrogens with zero attached hydrogens (tertiary/aromatic N) is 3. The number of carbonyl (C=O) groups is 2. The van der Waals surface area contributed by atoms with E-state index in [-0.39, 0.29) is 18.7 Å². The number of hydroxylamine groups is 2. The molecule has 1 fully saturated rings. The Labute approximate surface area is 144 Å². The van der Waals surface area contributed by atoms with Gasteiger partial charge in [-0.15, -0.1) is 11.3 Å². The molecule has 0 aromatic carbocycles. The summed E-state index contributed by atoms with van der Waals surface area (Å²) >= 11 is 1.21. The standard InChI is InChI=1S/C15H22FN3O4S/c1-15(2,3)23-14(21)19-7-9(16)6-11(19)12-17-10(8-24-12)13(20)18(4)22-5/h8-9,11H,6-7H2,1-5H3/t9-,11+/m1/s1. The lowest BCUT2D eigenvalue weighted by atomic mass is 10.2. The quantitative estimate of drug-likeness (QED) is 0.776. The summed E-state index contributed by atoms with van der Waals surface area (Å²) in [5, 5.41) is 3.14. The van der Waals surface area contributed by atoms with Gasteiger partial charge in [-0.3, -0.25) is 14.5 Å². The Morgan fingerprint density at radius 3 is 2.71 bits per heavy atom. The van der Waals surface area contributed by atoms with Gasteiger partial charge in [-0.1, -0.05) is 0 Å². The van der Waals surface area contributed by atoms with Crippen LogP contribution in [0.5, 0.6) is 0 Å². The maximum atomic E-state index is 13.9. The maximum Gasteiger partial charge on any atom is 0.410 e. The van der Waals surface area contributed by atoms with Gasteiger partial charge < -0.3 is 4.74 Å². The van der Waals surface area contributed by atoms with Crippen molar-refractivity contribution >= 4 is 23.3 Å². The summed E-state index contributed by atoms with van der Waals surface area (Å²) in [6.45, 7) is 5.22. The van der Waals surface area contributed by atoms with E-state index < -0.39 is 29.8 Å². The van der Waals surface area contributed by atoms with Gasteiger partial charge in [-0.25, -0.2) is 19.2 Å². The summed E-state index contributed by atoms with van der Waals surface area (Å²) in [6, 6.07) is -0.533. The molecular weight excluding hydrogens is 337 g/mol. The molecule has 2 heterocycles. The minimum Gasteiger partial charge on any atom is -0.444 e. The van der Waals surface area contributed by atoms with Crippen molar-refractivity contribution in [3.05, 3.63) is 16.1 Å². The molecule has 0 bridgehead atoms. The highest BCUT2D eigenvalue weighted by molar-refractivity contribution is 7.09. The van der Waals surface area contributed by atoms with Crippen LogP contribution in [0, 0.1) is 0 Å². The normalized spacial score (nSPS) is 21.0. The van der Waals surface area contributed by atoms with E-state index in [0.29, 0.717) is 5.01 Å². The van der Waals surface area contributed by atoms with E-state index in [2.05, 4.69) is 4.98 Å². The molecule has 9 heteroatoms. The molecule has 1 saturated heterocycles. The fourth-order valence-electron chi connectivity index (χ4n) is 2.32. The number of halogens is 1. The molecule has 0 unspecified atom stereocenters. The van der Waals surface area contributed by atoms with Crippen LogP contribution in [0.25, 0.3) is 0 Å². The molecule has 134 valence electrons. The first-order chi connectivity index (χ1) is 11.1. The summed E-state index contributed by atoms with van der Waals surface area (Å²) in [4.78, 5) is 34.8. The Kier molecular flexibility index (Phi) is 5.44. The second-order valence-electron chi connectivity index (χ2n) is 6.54. The van der Waals surface area contributed by atoms with Gasteiger partial charge in [0, 0.05) is 18.8 Å². The Morgan fingerprint density at radius 1 is 1.46 bits per heavy atom. The van der Waals surface area contributed by atoms with E-state index in [1.54, 1.807) is 26.2 Å². The molecule has 0 radical (unpaired) electrons. The maximum absolute atomic E-state index is 13.9. The topological polar surface area (TPSA) is 72.0 Å². The first kappa shape index (κ1) is 18.6. The number of alkyl halides is 1. The lowest BCUT2D eigenvalue weighted by Crippen LogP contribution is -2.37. The molecule has 1 aromatic rings. The van der Waals surface area contributed by atoms with Crippen molar-refractivity contribution in [1.29, 1.82) is 0 Å². The van der Waals surface area contributed by atoms with Crippen LogP contribution in [0.3, 0.4) is 0 Å². The number of carbonyl (C=O) groups excluding carboxylic acids is 2. The van der Waals surface area contributed by atoms with Crippen molar-refractivity contribution in [2.24, 2.45) is 0 Å². The third-order valence-corrected chi connectivity index (χ3v) is 4.41. The number of hydrogen-bond donors (Lipinski definition) is 0. The first-order valence-corrected chi connectivity index (χ1v) is 8.41. The van der Waals surface area contributed by atoms with Gasteiger partial charge in [0.05, 0.1) is 19.7 Å². The number of likely N-dealkylation sites (tertiary alicyclic amines) is 1. The predicted octanol–water partition coefficient (Wildman–Crippen LogP) is 2.80. The molecule has 1 aromatic heterocycles. The Hall–Kier alpha value is -1.74. The molecule has 7 nitrogen and oxygen atoms in total. The van der Waals surface area contributed by atoms with Crippen LogP contribution in [0.1, 0.15) is 48.7 Å². The largest absolute Gasteiger partial charge is 0.444 e. The van der Waals surface area contributed by atoms with Gasteiger partial charge in [0.2, 0.25) is 0 Å². The number of aromatic nitrogens is 1. The minimum absolute atomic E-state index is 0.0413. The fourth-order valence-corrected chi connectivity index (χ4v) is 3.24. The fraction of sp³-hybridized carbons (Fsp3) is 0.667. The first-order valence-electron chi connectivity index (χ1n) is 7.53. The molecule has 24 heavy (non-hydrogen) atoms. The summed E-state index contributed by atoms with van der Waals surface area (Å²) in [5.74, 6) is -0.404. The third-order valence-electron chi connectivity index (χ3n) is 3.46. The highest BCUT2D eigenvalue weighted by Crippen LogP contribution is 2.36. The van der Waals surface area contributed by atoms with Crippen molar-refractivity contribution in [2.45, 2.75) is 45.0 Å². The minimum atomic E-state index is -1.15. The van der Waals surface area contributed by atoms with Gasteiger partial charge in [0.15, 0.2) is 0 Å². The third kappa shape index (κ3) is 4.21. The Morgan fingerprint density at radius 2 is 2.12 bits per heavy atom. The number of thiazole rings is 1. The summed E-state index contributed by atoms with van der Waals surface area (Å²) < 4.78 is 19.2. The molecule has 1 aliphatic heterocycles. The number of rotatable bonds is 3. The van der Waals surface area contributed by atoms with E-state index in [1.807, 2.05) is 0 Å². The Balaban J connectivity index is 2.18. The Bertz CT molecular complexity index is 616. The summed E-state index contributed by atoms with van der Waals surface area (Å²) in [7, 11) is 2.85. The summed E-state index contributed by atoms with van der Waals surface area (Å²) in [6.07, 6.45) is -1.59. The van der Waals surface area contributed by atoms with E-state index in [9.17, 15) is 14.0 Å². The van der Waals surface area contributed by atoms with Gasteiger partial charge >= 0.3 is 6.09 Å². The number of amides is 2. The van der Waals surface area contributed by atoms with Crippen LogP contribution in [-0.4, -0.2) is 59.4 Å². The van der Waals surface area contributed by atoms with Gasteiger partial charge in [-0.05, 0) is 20.8 Å². The van der Waals surface area contributed by atoms with Crippen LogP contribution in [0.2, 0.25) is 0 Å². The molecule has 2 rings (SSSR count).